The summed E-state index contributed by atoms with van der Waals surface area (Å²) in [5.74, 6) is 2.08. The van der Waals surface area contributed by atoms with Crippen molar-refractivity contribution in [2.24, 2.45) is 0 Å². The zero-order chi connectivity index (χ0) is 22.2. The zero-order valence-electron chi connectivity index (χ0n) is 16.7. The van der Waals surface area contributed by atoms with Crippen LogP contribution in [0.25, 0.3) is 0 Å². The number of benzene rings is 2. The maximum atomic E-state index is 12.3. The van der Waals surface area contributed by atoms with Crippen molar-refractivity contribution in [1.29, 1.82) is 0 Å². The molecule has 10 heteroatoms. The van der Waals surface area contributed by atoms with Gasteiger partial charge in [-0.3, -0.25) is 9.36 Å². The van der Waals surface area contributed by atoms with Crippen molar-refractivity contribution in [3.8, 4) is 11.5 Å². The van der Waals surface area contributed by atoms with Crippen LogP contribution < -0.4 is 14.8 Å². The summed E-state index contributed by atoms with van der Waals surface area (Å²) in [6.45, 7) is 4.52. The SMILES string of the molecule is C=CCn1c(COc2ccc(OC)cc2)nnc1SCC(=O)Nc1ccc(Br)c(Cl)c1. The third-order valence-corrected chi connectivity index (χ3v) is 6.27. The van der Waals surface area contributed by atoms with Gasteiger partial charge in [0.15, 0.2) is 11.0 Å². The molecule has 7 nitrogen and oxygen atoms in total. The molecule has 0 radical (unpaired) electrons. The molecule has 1 N–H and O–H groups in total. The van der Waals surface area contributed by atoms with E-state index in [0.29, 0.717) is 34.0 Å². The summed E-state index contributed by atoms with van der Waals surface area (Å²) >= 11 is 10.7. The maximum Gasteiger partial charge on any atom is 0.234 e. The fourth-order valence-electron chi connectivity index (χ4n) is 2.57. The number of carbonyl (C=O) groups excluding carboxylic acids is 1. The first kappa shape index (κ1) is 23.2. The van der Waals surface area contributed by atoms with Gasteiger partial charge in [-0.25, -0.2) is 0 Å². The van der Waals surface area contributed by atoms with Crippen LogP contribution >= 0.6 is 39.3 Å². The minimum atomic E-state index is -0.174. The van der Waals surface area contributed by atoms with Crippen molar-refractivity contribution in [1.82, 2.24) is 14.8 Å². The Bertz CT molecular complexity index is 1060. The van der Waals surface area contributed by atoms with Crippen LogP contribution in [0.5, 0.6) is 11.5 Å². The molecule has 0 spiro atoms. The van der Waals surface area contributed by atoms with E-state index in [1.807, 2.05) is 28.8 Å². The quantitative estimate of drug-likeness (QED) is 0.291. The number of carbonyl (C=O) groups is 1. The molecule has 0 aliphatic rings. The third kappa shape index (κ3) is 6.49. The molecular formula is C21H20BrClN4O3S. The Morgan fingerprint density at radius 3 is 2.68 bits per heavy atom. The summed E-state index contributed by atoms with van der Waals surface area (Å²) < 4.78 is 13.6. The van der Waals surface area contributed by atoms with Crippen molar-refractivity contribution in [2.45, 2.75) is 18.3 Å². The Kier molecular flexibility index (Phi) is 8.39. The molecule has 0 atom stereocenters. The van der Waals surface area contributed by atoms with Gasteiger partial charge >= 0.3 is 0 Å². The van der Waals surface area contributed by atoms with Gasteiger partial charge in [0.05, 0.1) is 17.9 Å². The van der Waals surface area contributed by atoms with E-state index in [1.54, 1.807) is 31.4 Å². The van der Waals surface area contributed by atoms with Gasteiger partial charge in [-0.1, -0.05) is 29.4 Å². The van der Waals surface area contributed by atoms with Crippen LogP contribution in [-0.2, 0) is 17.9 Å². The van der Waals surface area contributed by atoms with E-state index in [1.165, 1.54) is 11.8 Å². The molecular weight excluding hydrogens is 504 g/mol. The summed E-state index contributed by atoms with van der Waals surface area (Å²) in [4.78, 5) is 12.3. The van der Waals surface area contributed by atoms with Crippen molar-refractivity contribution >= 4 is 50.9 Å². The Labute approximate surface area is 197 Å². The number of ether oxygens (including phenoxy) is 2. The fraction of sp³-hybridized carbons (Fsp3) is 0.190. The minimum absolute atomic E-state index is 0.169. The number of hydrogen-bond donors (Lipinski definition) is 1. The number of methoxy groups -OCH3 is 1. The standard InChI is InChI=1S/C21H20BrClN4O3S/c1-3-10-27-19(12-30-16-7-5-15(29-2)6-8-16)25-26-21(27)31-13-20(28)24-14-4-9-17(22)18(23)11-14/h3-9,11H,1,10,12-13H2,2H3,(H,24,28). The lowest BCUT2D eigenvalue weighted by atomic mass is 10.3. The molecule has 0 saturated carbocycles. The average molecular weight is 524 g/mol. The van der Waals surface area contributed by atoms with Gasteiger partial charge in [0, 0.05) is 16.7 Å². The van der Waals surface area contributed by atoms with E-state index in [9.17, 15) is 4.79 Å². The van der Waals surface area contributed by atoms with Crippen LogP contribution in [0.4, 0.5) is 5.69 Å². The molecule has 0 aliphatic carbocycles. The van der Waals surface area contributed by atoms with Gasteiger partial charge in [-0.15, -0.1) is 16.8 Å². The molecule has 0 aliphatic heterocycles. The van der Waals surface area contributed by atoms with E-state index in [0.717, 1.165) is 10.2 Å². The van der Waals surface area contributed by atoms with Gasteiger partial charge < -0.3 is 14.8 Å². The molecule has 31 heavy (non-hydrogen) atoms. The summed E-state index contributed by atoms with van der Waals surface area (Å²) in [5, 5.41) is 12.4. The average Bonchev–Trinajstić information content (AvgIpc) is 3.15. The third-order valence-electron chi connectivity index (χ3n) is 4.07. The van der Waals surface area contributed by atoms with Crippen molar-refractivity contribution in [3.05, 3.63) is 70.4 Å². The highest BCUT2D eigenvalue weighted by molar-refractivity contribution is 9.10. The molecule has 3 rings (SSSR count). The number of aromatic nitrogens is 3. The minimum Gasteiger partial charge on any atom is -0.497 e. The summed E-state index contributed by atoms with van der Waals surface area (Å²) in [6, 6.07) is 12.5. The lowest BCUT2D eigenvalue weighted by molar-refractivity contribution is -0.113. The van der Waals surface area contributed by atoms with E-state index in [2.05, 4.69) is 38.0 Å². The first-order valence-corrected chi connectivity index (χ1v) is 11.3. The van der Waals surface area contributed by atoms with Gasteiger partial charge in [0.25, 0.3) is 0 Å². The van der Waals surface area contributed by atoms with Crippen LogP contribution in [-0.4, -0.2) is 33.5 Å². The topological polar surface area (TPSA) is 78.3 Å². The van der Waals surface area contributed by atoms with E-state index in [4.69, 9.17) is 21.1 Å². The van der Waals surface area contributed by atoms with Crippen LogP contribution in [0.2, 0.25) is 5.02 Å². The molecule has 0 bridgehead atoms. The van der Waals surface area contributed by atoms with Crippen LogP contribution in [0.1, 0.15) is 5.82 Å². The lowest BCUT2D eigenvalue weighted by Gasteiger charge is -2.10. The molecule has 1 amide bonds. The predicted octanol–water partition coefficient (Wildman–Crippen LogP) is 5.20. The van der Waals surface area contributed by atoms with Crippen LogP contribution in [0.3, 0.4) is 0 Å². The second-order valence-electron chi connectivity index (χ2n) is 6.23. The smallest absolute Gasteiger partial charge is 0.234 e. The highest BCUT2D eigenvalue weighted by atomic mass is 79.9. The zero-order valence-corrected chi connectivity index (χ0v) is 19.8. The second-order valence-corrected chi connectivity index (χ2v) is 8.43. The van der Waals surface area contributed by atoms with Gasteiger partial charge in [-0.2, -0.15) is 0 Å². The number of hydrogen-bond acceptors (Lipinski definition) is 6. The number of rotatable bonds is 10. The lowest BCUT2D eigenvalue weighted by Crippen LogP contribution is -2.15. The number of anilines is 1. The highest BCUT2D eigenvalue weighted by Crippen LogP contribution is 2.26. The fourth-order valence-corrected chi connectivity index (χ4v) is 3.76. The summed E-state index contributed by atoms with van der Waals surface area (Å²) in [6.07, 6.45) is 1.74. The van der Waals surface area contributed by atoms with E-state index in [-0.39, 0.29) is 18.3 Å². The largest absolute Gasteiger partial charge is 0.497 e. The molecule has 0 unspecified atom stereocenters. The van der Waals surface area contributed by atoms with Crippen LogP contribution in [0, 0.1) is 0 Å². The number of allylic oxidation sites excluding steroid dienone is 1. The Morgan fingerprint density at radius 2 is 2.00 bits per heavy atom. The predicted molar refractivity (Wildman–Crippen MR) is 126 cm³/mol. The number of amides is 1. The Hall–Kier alpha value is -2.49. The second kappa shape index (κ2) is 11.2. The number of halogens is 2. The normalized spacial score (nSPS) is 10.5. The van der Waals surface area contributed by atoms with Gasteiger partial charge in [-0.05, 0) is 58.4 Å². The van der Waals surface area contributed by atoms with Crippen molar-refractivity contribution in [3.63, 3.8) is 0 Å². The molecule has 0 fully saturated rings. The van der Waals surface area contributed by atoms with Gasteiger partial charge in [0.1, 0.15) is 18.1 Å². The molecule has 1 aromatic heterocycles. The first-order valence-electron chi connectivity index (χ1n) is 9.17. The molecule has 2 aromatic carbocycles. The molecule has 1 heterocycles. The Balaban J connectivity index is 1.60. The number of thioether (sulfide) groups is 1. The monoisotopic (exact) mass is 522 g/mol. The number of nitrogens with zero attached hydrogens (tertiary/aromatic N) is 3. The van der Waals surface area contributed by atoms with Crippen molar-refractivity contribution < 1.29 is 14.3 Å². The van der Waals surface area contributed by atoms with E-state index >= 15 is 0 Å². The molecule has 0 saturated heterocycles. The van der Waals surface area contributed by atoms with Crippen LogP contribution in [0.15, 0.2) is 64.7 Å². The summed E-state index contributed by atoms with van der Waals surface area (Å²) in [7, 11) is 1.61. The summed E-state index contributed by atoms with van der Waals surface area (Å²) in [5.41, 5.74) is 0.625. The van der Waals surface area contributed by atoms with Gasteiger partial charge in [0.2, 0.25) is 5.91 Å². The molecule has 162 valence electrons. The van der Waals surface area contributed by atoms with Crippen molar-refractivity contribution in [2.75, 3.05) is 18.2 Å². The number of nitrogens with one attached hydrogen (secondary N) is 1. The maximum absolute atomic E-state index is 12.3. The Morgan fingerprint density at radius 1 is 1.26 bits per heavy atom. The van der Waals surface area contributed by atoms with E-state index < -0.39 is 0 Å². The molecule has 3 aromatic rings. The highest BCUT2D eigenvalue weighted by Gasteiger charge is 2.14. The first-order chi connectivity index (χ1) is 15.0.